The molecule has 0 unspecified atom stereocenters. The molecule has 0 aliphatic carbocycles. The fourth-order valence-corrected chi connectivity index (χ4v) is 1.54. The lowest BCUT2D eigenvalue weighted by Crippen LogP contribution is -2.24. The first kappa shape index (κ1) is 14.0. The van der Waals surface area contributed by atoms with E-state index in [2.05, 4.69) is 15.6 Å². The molecule has 20 heavy (non-hydrogen) atoms. The molecule has 2 N–H and O–H groups in total. The highest BCUT2D eigenvalue weighted by atomic mass is 35.5. The first-order valence-electron chi connectivity index (χ1n) is 5.75. The molecular weight excluding hydrogens is 281 g/mol. The minimum absolute atomic E-state index is 0.332. The van der Waals surface area contributed by atoms with E-state index in [-0.39, 0.29) is 5.82 Å². The molecule has 1 aromatic heterocycles. The van der Waals surface area contributed by atoms with Crippen LogP contribution in [0.2, 0.25) is 5.02 Å². The summed E-state index contributed by atoms with van der Waals surface area (Å²) >= 11 is 5.68. The highest BCUT2D eigenvalue weighted by Gasteiger charge is 1.99. The van der Waals surface area contributed by atoms with Crippen molar-refractivity contribution in [3.63, 3.8) is 0 Å². The van der Waals surface area contributed by atoms with Crippen LogP contribution in [0.1, 0.15) is 5.56 Å². The molecule has 1 aromatic carbocycles. The Labute approximate surface area is 120 Å². The van der Waals surface area contributed by atoms with E-state index in [1.807, 2.05) is 0 Å². The number of benzene rings is 1. The predicted molar refractivity (Wildman–Crippen MR) is 76.8 cm³/mol. The largest absolute Gasteiger partial charge is 0.324 e. The van der Waals surface area contributed by atoms with Gasteiger partial charge in [0.1, 0.15) is 11.6 Å². The molecule has 0 radical (unpaired) electrons. The van der Waals surface area contributed by atoms with Gasteiger partial charge in [0, 0.05) is 12.4 Å². The van der Waals surface area contributed by atoms with E-state index >= 15 is 0 Å². The zero-order valence-corrected chi connectivity index (χ0v) is 11.1. The van der Waals surface area contributed by atoms with Crippen LogP contribution in [0.3, 0.4) is 0 Å². The molecule has 4 nitrogen and oxygen atoms in total. The molecule has 2 amide bonds. The van der Waals surface area contributed by atoms with Crippen LogP contribution in [0.25, 0.3) is 6.08 Å². The summed E-state index contributed by atoms with van der Waals surface area (Å²) in [6, 6.07) is 8.77. The van der Waals surface area contributed by atoms with Crippen LogP contribution in [-0.4, -0.2) is 11.0 Å². The molecule has 102 valence electrons. The van der Waals surface area contributed by atoms with Gasteiger partial charge < -0.3 is 5.32 Å². The number of nitrogens with one attached hydrogen (secondary N) is 2. The summed E-state index contributed by atoms with van der Waals surface area (Å²) in [5.41, 5.74) is 0.648. The van der Waals surface area contributed by atoms with Gasteiger partial charge in [0.05, 0.1) is 5.02 Å². The fraction of sp³-hybridized carbons (Fsp3) is 0. The Morgan fingerprint density at radius 3 is 2.85 bits per heavy atom. The SMILES string of the molecule is O=C(N/C=C/c1cccc(F)c1)Nc1ccc(Cl)cn1. The molecule has 0 spiro atoms. The van der Waals surface area contributed by atoms with E-state index in [9.17, 15) is 9.18 Å². The van der Waals surface area contributed by atoms with Crippen LogP contribution >= 0.6 is 11.6 Å². The molecule has 0 aliphatic rings. The number of urea groups is 1. The van der Waals surface area contributed by atoms with Crippen LogP contribution in [0.5, 0.6) is 0 Å². The summed E-state index contributed by atoms with van der Waals surface area (Å²) in [6.45, 7) is 0. The molecule has 2 rings (SSSR count). The summed E-state index contributed by atoms with van der Waals surface area (Å²) in [5, 5.41) is 5.50. The molecular formula is C14H11ClFN3O. The second-order valence-electron chi connectivity index (χ2n) is 3.85. The maximum absolute atomic E-state index is 12.9. The minimum Gasteiger partial charge on any atom is -0.314 e. The van der Waals surface area contributed by atoms with Crippen molar-refractivity contribution in [2.24, 2.45) is 0 Å². The van der Waals surface area contributed by atoms with Crippen molar-refractivity contribution in [3.05, 3.63) is 65.2 Å². The molecule has 1 heterocycles. The van der Waals surface area contributed by atoms with Gasteiger partial charge in [0.25, 0.3) is 0 Å². The number of hydrogen-bond acceptors (Lipinski definition) is 2. The lowest BCUT2D eigenvalue weighted by molar-refractivity contribution is 0.255. The third-order valence-corrected chi connectivity index (χ3v) is 2.53. The van der Waals surface area contributed by atoms with E-state index in [0.717, 1.165) is 0 Å². The third kappa shape index (κ3) is 4.37. The summed E-state index contributed by atoms with van der Waals surface area (Å²) < 4.78 is 12.9. The smallest absolute Gasteiger partial charge is 0.314 e. The van der Waals surface area contributed by atoms with Crippen molar-refractivity contribution in [1.82, 2.24) is 10.3 Å². The number of pyridine rings is 1. The molecule has 2 aromatic rings. The Balaban J connectivity index is 1.87. The number of rotatable bonds is 3. The van der Waals surface area contributed by atoms with Crippen molar-refractivity contribution in [3.8, 4) is 0 Å². The molecule has 0 fully saturated rings. The lowest BCUT2D eigenvalue weighted by Gasteiger charge is -2.03. The lowest BCUT2D eigenvalue weighted by atomic mass is 10.2. The minimum atomic E-state index is -0.451. The Morgan fingerprint density at radius 1 is 1.30 bits per heavy atom. The quantitative estimate of drug-likeness (QED) is 0.906. The summed E-state index contributed by atoms with van der Waals surface area (Å²) in [6.07, 6.45) is 4.43. The van der Waals surface area contributed by atoms with E-state index in [1.165, 1.54) is 24.5 Å². The van der Waals surface area contributed by atoms with Crippen LogP contribution in [0, 0.1) is 5.82 Å². The number of hydrogen-bond donors (Lipinski definition) is 2. The number of carbonyl (C=O) groups excluding carboxylic acids is 1. The van der Waals surface area contributed by atoms with Gasteiger partial charge in [0.15, 0.2) is 0 Å². The van der Waals surface area contributed by atoms with Gasteiger partial charge in [-0.25, -0.2) is 14.2 Å². The predicted octanol–water partition coefficient (Wildman–Crippen LogP) is 3.67. The first-order valence-corrected chi connectivity index (χ1v) is 6.12. The summed E-state index contributed by atoms with van der Waals surface area (Å²) in [5.74, 6) is 0.0491. The molecule has 0 bridgehead atoms. The highest BCUT2D eigenvalue weighted by molar-refractivity contribution is 6.30. The second kappa shape index (κ2) is 6.68. The maximum Gasteiger partial charge on any atom is 0.324 e. The number of aromatic nitrogens is 1. The summed E-state index contributed by atoms with van der Waals surface area (Å²) in [7, 11) is 0. The first-order chi connectivity index (χ1) is 9.63. The number of nitrogens with zero attached hydrogens (tertiary/aromatic N) is 1. The van der Waals surface area contributed by atoms with Crippen LogP contribution in [-0.2, 0) is 0 Å². The molecule has 0 atom stereocenters. The number of amides is 2. The Hall–Kier alpha value is -2.40. The number of halogens is 2. The number of carbonyl (C=O) groups is 1. The van der Waals surface area contributed by atoms with Gasteiger partial charge >= 0.3 is 6.03 Å². The molecule has 0 saturated carbocycles. The summed E-state index contributed by atoms with van der Waals surface area (Å²) in [4.78, 5) is 15.5. The van der Waals surface area contributed by atoms with Crippen molar-refractivity contribution in [1.29, 1.82) is 0 Å². The van der Waals surface area contributed by atoms with Crippen molar-refractivity contribution in [2.45, 2.75) is 0 Å². The number of anilines is 1. The average Bonchev–Trinajstić information content (AvgIpc) is 2.41. The van der Waals surface area contributed by atoms with Gasteiger partial charge in [-0.1, -0.05) is 23.7 Å². The maximum atomic E-state index is 12.9. The van der Waals surface area contributed by atoms with E-state index in [1.54, 1.807) is 30.3 Å². The second-order valence-corrected chi connectivity index (χ2v) is 4.28. The third-order valence-electron chi connectivity index (χ3n) is 2.31. The van der Waals surface area contributed by atoms with Gasteiger partial charge in [-0.15, -0.1) is 0 Å². The zero-order chi connectivity index (χ0) is 14.4. The average molecular weight is 292 g/mol. The monoisotopic (exact) mass is 291 g/mol. The topological polar surface area (TPSA) is 54.0 Å². The molecule has 0 saturated heterocycles. The van der Waals surface area contributed by atoms with Gasteiger partial charge in [-0.05, 0) is 35.9 Å². The van der Waals surface area contributed by atoms with Crippen molar-refractivity contribution >= 4 is 29.5 Å². The standard InChI is InChI=1S/C14H11ClFN3O/c15-11-4-5-13(18-9-11)19-14(20)17-7-6-10-2-1-3-12(16)8-10/h1-9H,(H2,17,18,19,20)/b7-6+. The molecule has 6 heteroatoms. The Morgan fingerprint density at radius 2 is 2.15 bits per heavy atom. The van der Waals surface area contributed by atoms with E-state index in [0.29, 0.717) is 16.4 Å². The normalized spacial score (nSPS) is 10.5. The van der Waals surface area contributed by atoms with E-state index in [4.69, 9.17) is 11.6 Å². The fourth-order valence-electron chi connectivity index (χ4n) is 1.43. The molecule has 0 aliphatic heterocycles. The van der Waals surface area contributed by atoms with E-state index < -0.39 is 6.03 Å². The van der Waals surface area contributed by atoms with Gasteiger partial charge in [-0.3, -0.25) is 5.32 Å². The van der Waals surface area contributed by atoms with Crippen molar-refractivity contribution in [2.75, 3.05) is 5.32 Å². The van der Waals surface area contributed by atoms with Crippen molar-refractivity contribution < 1.29 is 9.18 Å². The van der Waals surface area contributed by atoms with Gasteiger partial charge in [0.2, 0.25) is 0 Å². The van der Waals surface area contributed by atoms with Crippen LogP contribution < -0.4 is 10.6 Å². The highest BCUT2D eigenvalue weighted by Crippen LogP contribution is 2.09. The Bertz CT molecular complexity index is 629. The van der Waals surface area contributed by atoms with Gasteiger partial charge in [-0.2, -0.15) is 0 Å². The Kier molecular flexibility index (Phi) is 4.68. The van der Waals surface area contributed by atoms with Crippen LogP contribution in [0.15, 0.2) is 48.8 Å². The van der Waals surface area contributed by atoms with Crippen LogP contribution in [0.4, 0.5) is 15.0 Å². The zero-order valence-electron chi connectivity index (χ0n) is 10.3.